The van der Waals surface area contributed by atoms with E-state index in [-0.39, 0.29) is 11.8 Å². The highest BCUT2D eigenvalue weighted by Gasteiger charge is 2.33. The Kier molecular flexibility index (Phi) is 4.12. The van der Waals surface area contributed by atoms with E-state index in [1.807, 2.05) is 11.0 Å². The van der Waals surface area contributed by atoms with Crippen LogP contribution in [-0.4, -0.2) is 30.5 Å². The molecule has 5 heteroatoms. The summed E-state index contributed by atoms with van der Waals surface area (Å²) in [5.41, 5.74) is 4.72. The first kappa shape index (κ1) is 16.8. The number of aryl methyl sites for hydroxylation is 1. The Hall–Kier alpha value is -2.40. The van der Waals surface area contributed by atoms with E-state index in [4.69, 9.17) is 4.98 Å². The number of thiazole rings is 1. The van der Waals surface area contributed by atoms with Gasteiger partial charge in [0.15, 0.2) is 5.13 Å². The maximum Gasteiger partial charge on any atom is 0.231 e. The van der Waals surface area contributed by atoms with Crippen LogP contribution in [0.1, 0.15) is 24.0 Å². The molecule has 1 aromatic heterocycles. The summed E-state index contributed by atoms with van der Waals surface area (Å²) in [7, 11) is 0. The van der Waals surface area contributed by atoms with Gasteiger partial charge in [-0.3, -0.25) is 4.79 Å². The minimum atomic E-state index is 0.0543. The van der Waals surface area contributed by atoms with E-state index in [2.05, 4.69) is 48.2 Å². The van der Waals surface area contributed by atoms with Crippen LogP contribution in [-0.2, 0) is 11.2 Å². The van der Waals surface area contributed by atoms with E-state index < -0.39 is 0 Å². The number of anilines is 2. The van der Waals surface area contributed by atoms with Gasteiger partial charge in [0.2, 0.25) is 5.91 Å². The Balaban J connectivity index is 1.37. The maximum absolute atomic E-state index is 13.2. The summed E-state index contributed by atoms with van der Waals surface area (Å²) in [5, 5.41) is 1.05. The van der Waals surface area contributed by atoms with Gasteiger partial charge in [-0.25, -0.2) is 4.98 Å². The highest BCUT2D eigenvalue weighted by molar-refractivity contribution is 7.22. The van der Waals surface area contributed by atoms with E-state index in [0.29, 0.717) is 0 Å². The number of carbonyl (C=O) groups is 1. The molecule has 3 aromatic rings. The average molecular weight is 378 g/mol. The lowest BCUT2D eigenvalue weighted by atomic mass is 9.97. The van der Waals surface area contributed by atoms with E-state index >= 15 is 0 Å². The second-order valence-corrected chi connectivity index (χ2v) is 8.63. The fraction of sp³-hybridized carbons (Fsp3) is 0.364. The van der Waals surface area contributed by atoms with Crippen molar-refractivity contribution in [2.75, 3.05) is 29.4 Å². The fourth-order valence-corrected chi connectivity index (χ4v) is 5.39. The third kappa shape index (κ3) is 3.00. The molecule has 5 rings (SSSR count). The second kappa shape index (κ2) is 6.64. The van der Waals surface area contributed by atoms with Gasteiger partial charge in [0, 0.05) is 25.3 Å². The number of para-hydroxylation sites is 1. The first-order valence-corrected chi connectivity index (χ1v) is 10.5. The van der Waals surface area contributed by atoms with Gasteiger partial charge in [0.1, 0.15) is 0 Å². The largest absolute Gasteiger partial charge is 0.347 e. The molecule has 2 aromatic carbocycles. The normalized spacial score (nSPS) is 19.5. The molecule has 0 radical (unpaired) electrons. The molecule has 1 amide bonds. The summed E-state index contributed by atoms with van der Waals surface area (Å²) in [6.45, 7) is 4.69. The van der Waals surface area contributed by atoms with Gasteiger partial charge < -0.3 is 9.80 Å². The molecular formula is C22H23N3OS. The number of carbonyl (C=O) groups excluding carboxylic acids is 1. The van der Waals surface area contributed by atoms with Gasteiger partial charge in [0.25, 0.3) is 0 Å². The molecule has 1 unspecified atom stereocenters. The van der Waals surface area contributed by atoms with Crippen molar-refractivity contribution < 1.29 is 4.79 Å². The van der Waals surface area contributed by atoms with Gasteiger partial charge in [-0.05, 0) is 55.5 Å². The number of benzene rings is 2. The Morgan fingerprint density at radius 2 is 2.07 bits per heavy atom. The van der Waals surface area contributed by atoms with Gasteiger partial charge in [-0.1, -0.05) is 35.6 Å². The van der Waals surface area contributed by atoms with Crippen molar-refractivity contribution in [3.05, 3.63) is 53.6 Å². The van der Waals surface area contributed by atoms with Crippen molar-refractivity contribution in [1.29, 1.82) is 0 Å². The van der Waals surface area contributed by atoms with E-state index in [9.17, 15) is 4.79 Å². The van der Waals surface area contributed by atoms with E-state index in [1.54, 1.807) is 11.3 Å². The van der Waals surface area contributed by atoms with E-state index in [1.165, 1.54) is 15.8 Å². The number of piperidine rings is 1. The fourth-order valence-electron chi connectivity index (χ4n) is 4.29. The second-order valence-electron chi connectivity index (χ2n) is 7.62. The lowest BCUT2D eigenvalue weighted by Crippen LogP contribution is -2.44. The Labute approximate surface area is 163 Å². The first-order chi connectivity index (χ1) is 13.2. The molecule has 0 N–H and O–H groups in total. The zero-order chi connectivity index (χ0) is 18.4. The Bertz CT molecular complexity index is 1010. The zero-order valence-corrected chi connectivity index (χ0v) is 16.3. The van der Waals surface area contributed by atoms with Crippen molar-refractivity contribution in [1.82, 2.24) is 4.98 Å². The smallest absolute Gasteiger partial charge is 0.231 e. The van der Waals surface area contributed by atoms with Crippen molar-refractivity contribution in [2.45, 2.75) is 26.2 Å². The van der Waals surface area contributed by atoms with Crippen molar-refractivity contribution in [3.63, 3.8) is 0 Å². The minimum absolute atomic E-state index is 0.0543. The molecule has 0 bridgehead atoms. The van der Waals surface area contributed by atoms with Crippen LogP contribution in [0.2, 0.25) is 0 Å². The van der Waals surface area contributed by atoms with Crippen LogP contribution in [0.4, 0.5) is 10.8 Å². The maximum atomic E-state index is 13.2. The molecule has 0 spiro atoms. The quantitative estimate of drug-likeness (QED) is 0.664. The highest BCUT2D eigenvalue weighted by atomic mass is 32.1. The topological polar surface area (TPSA) is 36.4 Å². The predicted octanol–water partition coefficient (Wildman–Crippen LogP) is 4.41. The Morgan fingerprint density at radius 1 is 1.19 bits per heavy atom. The van der Waals surface area contributed by atoms with Gasteiger partial charge >= 0.3 is 0 Å². The van der Waals surface area contributed by atoms with Crippen LogP contribution in [0, 0.1) is 12.8 Å². The molecule has 2 aliphatic heterocycles. The van der Waals surface area contributed by atoms with Crippen LogP contribution >= 0.6 is 11.3 Å². The minimum Gasteiger partial charge on any atom is -0.347 e. The standard InChI is InChI=1S/C22H23N3OS/c1-15-8-9-18-20(13-15)27-22(23-18)24-11-4-6-17(14-24)21(26)25-12-10-16-5-2-3-7-19(16)25/h2-3,5,7-9,13,17H,4,6,10-12,14H2,1H3. The number of fused-ring (bicyclic) bond motifs is 2. The van der Waals surface area contributed by atoms with E-state index in [0.717, 1.165) is 55.2 Å². The summed E-state index contributed by atoms with van der Waals surface area (Å²) in [6, 6.07) is 14.7. The summed E-state index contributed by atoms with van der Waals surface area (Å²) >= 11 is 1.74. The summed E-state index contributed by atoms with van der Waals surface area (Å²) < 4.78 is 1.23. The average Bonchev–Trinajstić information content (AvgIpc) is 3.31. The Morgan fingerprint density at radius 3 is 3.00 bits per heavy atom. The first-order valence-electron chi connectivity index (χ1n) is 9.70. The molecule has 3 heterocycles. The summed E-state index contributed by atoms with van der Waals surface area (Å²) in [6.07, 6.45) is 2.98. The molecule has 138 valence electrons. The number of aromatic nitrogens is 1. The molecular weight excluding hydrogens is 354 g/mol. The molecule has 0 aliphatic carbocycles. The number of hydrogen-bond acceptors (Lipinski definition) is 4. The van der Waals surface area contributed by atoms with Crippen molar-refractivity contribution in [2.24, 2.45) is 5.92 Å². The van der Waals surface area contributed by atoms with Crippen LogP contribution in [0.3, 0.4) is 0 Å². The molecule has 27 heavy (non-hydrogen) atoms. The zero-order valence-electron chi connectivity index (χ0n) is 15.5. The summed E-state index contributed by atoms with van der Waals surface area (Å²) in [4.78, 5) is 22.4. The number of rotatable bonds is 2. The van der Waals surface area contributed by atoms with Gasteiger partial charge in [-0.2, -0.15) is 0 Å². The molecule has 1 saturated heterocycles. The summed E-state index contributed by atoms with van der Waals surface area (Å²) in [5.74, 6) is 0.334. The number of hydrogen-bond donors (Lipinski definition) is 0. The predicted molar refractivity (Wildman–Crippen MR) is 112 cm³/mol. The lowest BCUT2D eigenvalue weighted by Gasteiger charge is -2.33. The SMILES string of the molecule is Cc1ccc2nc(N3CCCC(C(=O)N4CCc5ccccc54)C3)sc2c1. The third-order valence-electron chi connectivity index (χ3n) is 5.73. The molecule has 2 aliphatic rings. The molecule has 1 atom stereocenters. The molecule has 1 fully saturated rings. The molecule has 0 saturated carbocycles. The van der Waals surface area contributed by atoms with Gasteiger partial charge in [-0.15, -0.1) is 0 Å². The highest BCUT2D eigenvalue weighted by Crippen LogP contribution is 2.34. The van der Waals surface area contributed by atoms with Crippen LogP contribution in [0.15, 0.2) is 42.5 Å². The van der Waals surface area contributed by atoms with Crippen LogP contribution in [0.25, 0.3) is 10.2 Å². The monoisotopic (exact) mass is 377 g/mol. The number of nitrogens with zero attached hydrogens (tertiary/aromatic N) is 3. The number of amides is 1. The lowest BCUT2D eigenvalue weighted by molar-refractivity contribution is -0.122. The van der Waals surface area contributed by atoms with Crippen LogP contribution < -0.4 is 9.80 Å². The van der Waals surface area contributed by atoms with Crippen molar-refractivity contribution in [3.8, 4) is 0 Å². The third-order valence-corrected chi connectivity index (χ3v) is 6.81. The van der Waals surface area contributed by atoms with Gasteiger partial charge in [0.05, 0.1) is 16.1 Å². The van der Waals surface area contributed by atoms with Crippen LogP contribution in [0.5, 0.6) is 0 Å². The molecule has 4 nitrogen and oxygen atoms in total. The van der Waals surface area contributed by atoms with Crippen molar-refractivity contribution >= 4 is 38.3 Å².